The zero-order valence-corrected chi connectivity index (χ0v) is 45.5. The van der Waals surface area contributed by atoms with E-state index >= 15 is 0 Å². The maximum absolute atomic E-state index is 2.54. The number of rotatable bonds is 6. The molecule has 386 valence electrons. The van der Waals surface area contributed by atoms with Crippen molar-refractivity contribution in [2.45, 2.75) is 18.3 Å². The summed E-state index contributed by atoms with van der Waals surface area (Å²) in [4.78, 5) is 0. The molecule has 0 N–H and O–H groups in total. The zero-order valence-electron chi connectivity index (χ0n) is 45.5. The molecule has 2 aliphatic rings. The van der Waals surface area contributed by atoms with Crippen LogP contribution in [0, 0.1) is 0 Å². The number of aryl methyl sites for hydroxylation is 1. The molecule has 1 spiro atoms. The number of aromatic nitrogens is 2. The van der Waals surface area contributed by atoms with Gasteiger partial charge in [-0.05, 0) is 179 Å². The minimum atomic E-state index is -0.281. The summed E-state index contributed by atoms with van der Waals surface area (Å²) in [6.45, 7) is 0. The molecule has 0 amide bonds. The van der Waals surface area contributed by atoms with E-state index < -0.39 is 0 Å². The molecular formula is C81H52N2. The Balaban J connectivity index is 0.704. The van der Waals surface area contributed by atoms with Gasteiger partial charge in [0.15, 0.2) is 0 Å². The van der Waals surface area contributed by atoms with Gasteiger partial charge in [-0.25, -0.2) is 0 Å². The van der Waals surface area contributed by atoms with Gasteiger partial charge < -0.3 is 9.13 Å². The second kappa shape index (κ2) is 17.7. The quantitative estimate of drug-likeness (QED) is 0.157. The molecule has 0 unspecified atom stereocenters. The van der Waals surface area contributed by atoms with Crippen LogP contribution < -0.4 is 0 Å². The third kappa shape index (κ3) is 6.84. The predicted octanol–water partition coefficient (Wildman–Crippen LogP) is 21.3. The van der Waals surface area contributed by atoms with Gasteiger partial charge >= 0.3 is 0 Å². The number of para-hydroxylation sites is 2. The Labute approximate surface area is 481 Å². The second-order valence-electron chi connectivity index (χ2n) is 23.1. The van der Waals surface area contributed by atoms with Crippen molar-refractivity contribution in [3.8, 4) is 67.0 Å². The fraction of sp³-hybridized carbons (Fsp3) is 0.0370. The summed E-state index contributed by atoms with van der Waals surface area (Å²) in [6.07, 6.45) is 2.06. The van der Waals surface area contributed by atoms with Crippen molar-refractivity contribution in [3.63, 3.8) is 0 Å². The van der Waals surface area contributed by atoms with Crippen molar-refractivity contribution >= 4 is 75.9 Å². The smallest absolute Gasteiger partial charge is 0.0541 e. The Kier molecular flexibility index (Phi) is 9.88. The van der Waals surface area contributed by atoms with Crippen LogP contribution in [0.4, 0.5) is 0 Å². The molecule has 16 aromatic rings. The van der Waals surface area contributed by atoms with E-state index in [0.717, 1.165) is 12.8 Å². The lowest BCUT2D eigenvalue weighted by molar-refractivity contribution is 0.627. The normalized spacial score (nSPS) is 13.3. The van der Waals surface area contributed by atoms with Gasteiger partial charge in [-0.15, -0.1) is 0 Å². The lowest BCUT2D eigenvalue weighted by Gasteiger charge is -2.29. The highest BCUT2D eigenvalue weighted by Crippen LogP contribution is 2.60. The average molecular weight is 1050 g/mol. The zero-order chi connectivity index (χ0) is 54.3. The Morgan fingerprint density at radius 2 is 0.602 bits per heavy atom. The first-order valence-corrected chi connectivity index (χ1v) is 29.2. The van der Waals surface area contributed by atoms with Gasteiger partial charge in [0.1, 0.15) is 0 Å². The van der Waals surface area contributed by atoms with Crippen LogP contribution in [0.1, 0.15) is 28.7 Å². The van der Waals surface area contributed by atoms with Crippen LogP contribution in [0.3, 0.4) is 0 Å². The molecule has 0 fully saturated rings. The molecule has 2 nitrogen and oxygen atoms in total. The van der Waals surface area contributed by atoms with Gasteiger partial charge in [0.25, 0.3) is 0 Å². The molecule has 14 aromatic carbocycles. The molecule has 0 saturated heterocycles. The summed E-state index contributed by atoms with van der Waals surface area (Å²) in [5.41, 5.74) is 25.2. The van der Waals surface area contributed by atoms with Crippen LogP contribution in [0.5, 0.6) is 0 Å². The summed E-state index contributed by atoms with van der Waals surface area (Å²) in [5, 5.41) is 12.6. The maximum atomic E-state index is 2.54. The molecule has 83 heavy (non-hydrogen) atoms. The first kappa shape index (κ1) is 46.2. The van der Waals surface area contributed by atoms with Crippen LogP contribution in [0.25, 0.3) is 143 Å². The third-order valence-electron chi connectivity index (χ3n) is 18.9. The molecule has 0 saturated carbocycles. The first-order valence-electron chi connectivity index (χ1n) is 29.2. The summed E-state index contributed by atoms with van der Waals surface area (Å²) < 4.78 is 4.88. The molecular weight excluding hydrogens is 1000 g/mol. The molecule has 2 heteroatoms. The van der Waals surface area contributed by atoms with Crippen LogP contribution in [0.15, 0.2) is 291 Å². The van der Waals surface area contributed by atoms with Crippen LogP contribution in [0.2, 0.25) is 0 Å². The second-order valence-corrected chi connectivity index (χ2v) is 23.1. The van der Waals surface area contributed by atoms with Crippen molar-refractivity contribution in [1.82, 2.24) is 9.13 Å². The van der Waals surface area contributed by atoms with E-state index in [0.29, 0.717) is 0 Å². The van der Waals surface area contributed by atoms with E-state index in [2.05, 4.69) is 300 Å². The molecule has 18 rings (SSSR count). The third-order valence-corrected chi connectivity index (χ3v) is 18.9. The van der Waals surface area contributed by atoms with Crippen LogP contribution in [-0.2, 0) is 11.8 Å². The minimum absolute atomic E-state index is 0.281. The number of hydrogen-bond acceptors (Lipinski definition) is 0. The highest BCUT2D eigenvalue weighted by molar-refractivity contribution is 6.13. The molecule has 0 bridgehead atoms. The van der Waals surface area contributed by atoms with Gasteiger partial charge in [0.05, 0.1) is 33.4 Å². The Hall–Kier alpha value is -10.5. The first-order chi connectivity index (χ1) is 41.1. The lowest BCUT2D eigenvalue weighted by atomic mass is 9.72. The molecule has 0 atom stereocenters. The lowest BCUT2D eigenvalue weighted by Crippen LogP contribution is -2.23. The summed E-state index contributed by atoms with van der Waals surface area (Å²) in [5.74, 6) is 0. The highest BCUT2D eigenvalue weighted by atomic mass is 15.0. The minimum Gasteiger partial charge on any atom is -0.309 e. The van der Waals surface area contributed by atoms with Gasteiger partial charge in [-0.3, -0.25) is 0 Å². The molecule has 0 radical (unpaired) electrons. The van der Waals surface area contributed by atoms with E-state index in [1.165, 1.54) is 165 Å². The van der Waals surface area contributed by atoms with E-state index in [1.807, 2.05) is 0 Å². The summed E-state index contributed by atoms with van der Waals surface area (Å²) in [6, 6.07) is 109. The summed E-state index contributed by atoms with van der Waals surface area (Å²) >= 11 is 0. The van der Waals surface area contributed by atoms with Crippen molar-refractivity contribution in [2.75, 3.05) is 0 Å². The average Bonchev–Trinajstić information content (AvgIpc) is 2.58. The number of nitrogens with zero attached hydrogens (tertiary/aromatic N) is 2. The van der Waals surface area contributed by atoms with E-state index in [4.69, 9.17) is 0 Å². The standard InChI is InChI=1S/C81H52N2/c1-2-16-58-48-72-63(45-57(58)15-1)43-44-81(72)73-49-61(53-31-27-51(28-32-53)59-37-41-79-70(46-59)68-21-7-9-23-77(68)82(79)75-25-11-17-55-13-3-5-19-64(55)75)35-39-66(73)67-40-36-62(50-74(67)81)54-33-29-52(30-34-54)60-38-42-80-71(47-60)69-22-8-10-24-78(69)83(80)76-26-12-18-56-14-4-6-20-65(56)76/h1-42,45-50H,43-44H2. The summed E-state index contributed by atoms with van der Waals surface area (Å²) in [7, 11) is 0. The fourth-order valence-electron chi connectivity index (χ4n) is 15.0. The van der Waals surface area contributed by atoms with E-state index in [-0.39, 0.29) is 5.41 Å². The fourth-order valence-corrected chi connectivity index (χ4v) is 15.0. The number of hydrogen-bond donors (Lipinski definition) is 0. The van der Waals surface area contributed by atoms with Crippen molar-refractivity contribution in [3.05, 3.63) is 313 Å². The van der Waals surface area contributed by atoms with Crippen LogP contribution in [-0.4, -0.2) is 9.13 Å². The van der Waals surface area contributed by atoms with Crippen LogP contribution >= 0.6 is 0 Å². The van der Waals surface area contributed by atoms with Gasteiger partial charge in [0, 0.05) is 37.7 Å². The Morgan fingerprint density at radius 1 is 0.241 bits per heavy atom. The number of fused-ring (bicyclic) bond motifs is 16. The predicted molar refractivity (Wildman–Crippen MR) is 349 cm³/mol. The highest BCUT2D eigenvalue weighted by Gasteiger charge is 2.49. The maximum Gasteiger partial charge on any atom is 0.0541 e. The molecule has 2 heterocycles. The van der Waals surface area contributed by atoms with Gasteiger partial charge in [-0.1, -0.05) is 224 Å². The molecule has 2 aliphatic carbocycles. The van der Waals surface area contributed by atoms with E-state index in [1.54, 1.807) is 0 Å². The Bertz CT molecular complexity index is 5080. The van der Waals surface area contributed by atoms with E-state index in [9.17, 15) is 0 Å². The number of benzene rings is 14. The van der Waals surface area contributed by atoms with Crippen molar-refractivity contribution in [1.29, 1.82) is 0 Å². The topological polar surface area (TPSA) is 9.86 Å². The monoisotopic (exact) mass is 1050 g/mol. The molecule has 2 aromatic heterocycles. The van der Waals surface area contributed by atoms with Crippen molar-refractivity contribution in [2.24, 2.45) is 0 Å². The van der Waals surface area contributed by atoms with Gasteiger partial charge in [0.2, 0.25) is 0 Å². The Morgan fingerprint density at radius 3 is 1.08 bits per heavy atom. The largest absolute Gasteiger partial charge is 0.309 e. The molecule has 0 aliphatic heterocycles. The SMILES string of the molecule is c1ccc2cc3c(cc2c1)CCC31c2cc(-c3ccc(-c4ccc5c(c4)c4ccccc4n5-c4cccc5ccccc45)cc3)ccc2-c2ccc(-c3ccc(-c4ccc5c(c4)c4ccccc4n5-c4cccc5ccccc45)cc3)cc21. The van der Waals surface area contributed by atoms with Crippen molar-refractivity contribution < 1.29 is 0 Å². The van der Waals surface area contributed by atoms with Gasteiger partial charge in [-0.2, -0.15) is 0 Å².